The Labute approximate surface area is 158 Å². The van der Waals surface area contributed by atoms with Gasteiger partial charge in [0.05, 0.1) is 59.5 Å². The summed E-state index contributed by atoms with van der Waals surface area (Å²) in [6.07, 6.45) is 4.81. The zero-order valence-electron chi connectivity index (χ0n) is 16.7. The van der Waals surface area contributed by atoms with Crippen molar-refractivity contribution in [1.82, 2.24) is 0 Å². The zero-order chi connectivity index (χ0) is 19.1. The quantitative estimate of drug-likeness (QED) is 0.224. The van der Waals surface area contributed by atoms with Gasteiger partial charge in [-0.2, -0.15) is 0 Å². The molecule has 7 heteroatoms. The van der Waals surface area contributed by atoms with Gasteiger partial charge >= 0.3 is 5.97 Å². The van der Waals surface area contributed by atoms with E-state index < -0.39 is 0 Å². The number of esters is 1. The van der Waals surface area contributed by atoms with Gasteiger partial charge in [0, 0.05) is 13.0 Å². The maximum Gasteiger partial charge on any atom is 0.305 e. The molecule has 0 radical (unpaired) electrons. The molecule has 0 spiro atoms. The second-order valence-electron chi connectivity index (χ2n) is 5.74. The summed E-state index contributed by atoms with van der Waals surface area (Å²) in [5.41, 5.74) is 0. The fourth-order valence-corrected chi connectivity index (χ4v) is 1.93. The molecular weight excluding hydrogens is 340 g/mol. The van der Waals surface area contributed by atoms with E-state index in [0.717, 1.165) is 19.4 Å². The van der Waals surface area contributed by atoms with Crippen LogP contribution >= 0.6 is 0 Å². The monoisotopic (exact) mass is 378 g/mol. The molecule has 0 aromatic rings. The Morgan fingerprint density at radius 2 is 0.962 bits per heavy atom. The van der Waals surface area contributed by atoms with E-state index >= 15 is 0 Å². The van der Waals surface area contributed by atoms with Gasteiger partial charge in [-0.15, -0.1) is 0 Å². The maximum atomic E-state index is 11.1. The molecule has 0 N–H and O–H groups in total. The molecule has 26 heavy (non-hydrogen) atoms. The molecule has 0 aliphatic heterocycles. The van der Waals surface area contributed by atoms with Crippen molar-refractivity contribution in [3.8, 4) is 0 Å². The highest BCUT2D eigenvalue weighted by atomic mass is 16.6. The van der Waals surface area contributed by atoms with Crippen LogP contribution in [0.15, 0.2) is 0 Å². The largest absolute Gasteiger partial charge is 0.463 e. The number of hydrogen-bond donors (Lipinski definition) is 0. The highest BCUT2D eigenvalue weighted by molar-refractivity contribution is 5.69. The SMILES string of the molecule is CCCCCOCCOCCOCCOCCOCCOC(=O)CCC. The molecule has 0 fully saturated rings. The molecule has 156 valence electrons. The number of unbranched alkanes of at least 4 members (excludes halogenated alkanes) is 2. The second-order valence-corrected chi connectivity index (χ2v) is 5.74. The van der Waals surface area contributed by atoms with Crippen molar-refractivity contribution in [3.63, 3.8) is 0 Å². The predicted molar refractivity (Wildman–Crippen MR) is 99.5 cm³/mol. The summed E-state index contributed by atoms with van der Waals surface area (Å²) in [6, 6.07) is 0. The lowest BCUT2D eigenvalue weighted by molar-refractivity contribution is -0.145. The summed E-state index contributed by atoms with van der Waals surface area (Å²) in [5.74, 6) is -0.173. The van der Waals surface area contributed by atoms with Gasteiger partial charge in [-0.3, -0.25) is 4.79 Å². The maximum absolute atomic E-state index is 11.1. The third-order valence-electron chi connectivity index (χ3n) is 3.33. The lowest BCUT2D eigenvalue weighted by Crippen LogP contribution is -2.14. The molecule has 0 aromatic heterocycles. The van der Waals surface area contributed by atoms with Gasteiger partial charge in [-0.05, 0) is 12.8 Å². The summed E-state index contributed by atoms with van der Waals surface area (Å²) in [4.78, 5) is 11.1. The van der Waals surface area contributed by atoms with Crippen molar-refractivity contribution in [2.24, 2.45) is 0 Å². The third-order valence-corrected chi connectivity index (χ3v) is 3.33. The Kier molecular flexibility index (Phi) is 21.7. The van der Waals surface area contributed by atoms with Gasteiger partial charge in [0.25, 0.3) is 0 Å². The van der Waals surface area contributed by atoms with Crippen LogP contribution in [-0.4, -0.2) is 78.6 Å². The molecule has 0 unspecified atom stereocenters. The number of ether oxygens (including phenoxy) is 6. The Balaban J connectivity index is 3.02. The number of rotatable bonds is 21. The Morgan fingerprint density at radius 1 is 0.538 bits per heavy atom. The van der Waals surface area contributed by atoms with E-state index in [4.69, 9.17) is 28.4 Å². The van der Waals surface area contributed by atoms with Crippen molar-refractivity contribution < 1.29 is 33.2 Å². The van der Waals surface area contributed by atoms with Crippen molar-refractivity contribution in [3.05, 3.63) is 0 Å². The molecule has 0 rings (SSSR count). The minimum absolute atomic E-state index is 0.173. The summed E-state index contributed by atoms with van der Waals surface area (Å²) in [5, 5.41) is 0. The molecule has 0 aromatic carbocycles. The Bertz CT molecular complexity index is 287. The average Bonchev–Trinajstić information content (AvgIpc) is 2.64. The number of hydrogen-bond acceptors (Lipinski definition) is 7. The van der Waals surface area contributed by atoms with Crippen molar-refractivity contribution in [1.29, 1.82) is 0 Å². The fraction of sp³-hybridized carbons (Fsp3) is 0.947. The average molecular weight is 379 g/mol. The van der Waals surface area contributed by atoms with Crippen LogP contribution in [0.4, 0.5) is 0 Å². The Morgan fingerprint density at radius 3 is 1.38 bits per heavy atom. The third kappa shape index (κ3) is 21.3. The minimum atomic E-state index is -0.173. The van der Waals surface area contributed by atoms with Gasteiger partial charge in [-0.25, -0.2) is 0 Å². The van der Waals surface area contributed by atoms with Crippen LogP contribution in [0.3, 0.4) is 0 Å². The van der Waals surface area contributed by atoms with E-state index in [0.29, 0.717) is 72.5 Å². The van der Waals surface area contributed by atoms with Crippen molar-refractivity contribution in [2.75, 3.05) is 72.7 Å². The molecule has 0 saturated heterocycles. The van der Waals surface area contributed by atoms with Gasteiger partial charge in [-0.1, -0.05) is 26.7 Å². The lowest BCUT2D eigenvalue weighted by atomic mass is 10.3. The first kappa shape index (κ1) is 25.3. The smallest absolute Gasteiger partial charge is 0.305 e. The molecular formula is C19H38O7. The van der Waals surface area contributed by atoms with Gasteiger partial charge in [0.15, 0.2) is 0 Å². The Hall–Kier alpha value is -0.730. The zero-order valence-corrected chi connectivity index (χ0v) is 16.7. The van der Waals surface area contributed by atoms with Crippen molar-refractivity contribution in [2.45, 2.75) is 46.0 Å². The first-order valence-corrected chi connectivity index (χ1v) is 9.85. The topological polar surface area (TPSA) is 72.5 Å². The first-order valence-electron chi connectivity index (χ1n) is 9.85. The molecule has 0 aliphatic carbocycles. The number of carbonyl (C=O) groups excluding carboxylic acids is 1. The molecule has 7 nitrogen and oxygen atoms in total. The molecule has 0 amide bonds. The molecule has 0 aliphatic rings. The van der Waals surface area contributed by atoms with E-state index in [1.165, 1.54) is 12.8 Å². The van der Waals surface area contributed by atoms with Crippen LogP contribution in [-0.2, 0) is 33.2 Å². The lowest BCUT2D eigenvalue weighted by Gasteiger charge is -2.08. The summed E-state index contributed by atoms with van der Waals surface area (Å²) in [7, 11) is 0. The van der Waals surface area contributed by atoms with Crippen LogP contribution in [0, 0.1) is 0 Å². The van der Waals surface area contributed by atoms with E-state index in [1.54, 1.807) is 0 Å². The van der Waals surface area contributed by atoms with Crippen molar-refractivity contribution >= 4 is 5.97 Å². The van der Waals surface area contributed by atoms with Gasteiger partial charge < -0.3 is 28.4 Å². The molecule has 0 saturated carbocycles. The minimum Gasteiger partial charge on any atom is -0.463 e. The predicted octanol–water partition coefficient (Wildman–Crippen LogP) is 2.60. The summed E-state index contributed by atoms with van der Waals surface area (Å²) in [6.45, 7) is 10.0. The summed E-state index contributed by atoms with van der Waals surface area (Å²) < 4.78 is 31.9. The number of carbonyl (C=O) groups is 1. The van der Waals surface area contributed by atoms with E-state index in [2.05, 4.69) is 6.92 Å². The van der Waals surface area contributed by atoms with E-state index in [9.17, 15) is 4.79 Å². The highest BCUT2D eigenvalue weighted by Crippen LogP contribution is 1.94. The highest BCUT2D eigenvalue weighted by Gasteiger charge is 1.99. The normalized spacial score (nSPS) is 11.0. The van der Waals surface area contributed by atoms with E-state index in [-0.39, 0.29) is 5.97 Å². The standard InChI is InChI=1S/C19H38O7/c1-3-5-6-8-21-9-10-22-11-12-23-13-14-24-15-16-25-17-18-26-19(20)7-4-2/h3-18H2,1-2H3. The van der Waals surface area contributed by atoms with Gasteiger partial charge in [0.1, 0.15) is 6.61 Å². The van der Waals surface area contributed by atoms with Crippen LogP contribution < -0.4 is 0 Å². The van der Waals surface area contributed by atoms with Crippen LogP contribution in [0.25, 0.3) is 0 Å². The second kappa shape index (κ2) is 22.3. The first-order chi connectivity index (χ1) is 12.8. The van der Waals surface area contributed by atoms with Crippen LogP contribution in [0.1, 0.15) is 46.0 Å². The molecule has 0 atom stereocenters. The molecule has 0 bridgehead atoms. The summed E-state index contributed by atoms with van der Waals surface area (Å²) >= 11 is 0. The van der Waals surface area contributed by atoms with E-state index in [1.807, 2.05) is 6.92 Å². The van der Waals surface area contributed by atoms with Gasteiger partial charge in [0.2, 0.25) is 0 Å². The van der Waals surface area contributed by atoms with Crippen LogP contribution in [0.5, 0.6) is 0 Å². The molecule has 0 heterocycles. The van der Waals surface area contributed by atoms with Crippen LogP contribution in [0.2, 0.25) is 0 Å². The fourth-order valence-electron chi connectivity index (χ4n) is 1.93.